The molecule has 4 bridgehead atoms. The average Bonchev–Trinajstić information content (AvgIpc) is 1.29. The summed E-state index contributed by atoms with van der Waals surface area (Å²) in [5.74, 6) is 0.145. The van der Waals surface area contributed by atoms with E-state index in [9.17, 15) is 44.1 Å². The molecule has 5 aromatic rings. The van der Waals surface area contributed by atoms with Crippen molar-refractivity contribution in [2.75, 3.05) is 52.7 Å². The van der Waals surface area contributed by atoms with E-state index >= 15 is 0 Å². The van der Waals surface area contributed by atoms with Crippen molar-refractivity contribution in [2.45, 2.75) is 173 Å². The quantitative estimate of drug-likeness (QED) is 0.0541. The number of amides is 6. The summed E-state index contributed by atoms with van der Waals surface area (Å²) in [4.78, 5) is 87.0. The van der Waals surface area contributed by atoms with E-state index in [4.69, 9.17) is 33.2 Å². The summed E-state index contributed by atoms with van der Waals surface area (Å²) in [5.41, 5.74) is 4.20. The average molecular weight is 1270 g/mol. The Balaban J connectivity index is 0.000000203. The molecule has 0 saturated carbocycles. The third-order valence-electron chi connectivity index (χ3n) is 17.2. The molecule has 0 aliphatic carbocycles. The van der Waals surface area contributed by atoms with Gasteiger partial charge >= 0.3 is 12.2 Å². The summed E-state index contributed by atoms with van der Waals surface area (Å²) >= 11 is 0. The molecule has 0 radical (unpaired) electrons. The third-order valence-corrected chi connectivity index (χ3v) is 17.2. The number of nitrogens with zero attached hydrogens (tertiary/aromatic N) is 5. The van der Waals surface area contributed by atoms with Crippen LogP contribution in [0.1, 0.15) is 150 Å². The number of fused-ring (bicyclic) bond motifs is 6. The van der Waals surface area contributed by atoms with Gasteiger partial charge in [-0.2, -0.15) is 5.10 Å². The van der Waals surface area contributed by atoms with Gasteiger partial charge in [0.05, 0.1) is 105 Å². The molecule has 6 N–H and O–H groups in total. The predicted molar refractivity (Wildman–Crippen MR) is 336 cm³/mol. The van der Waals surface area contributed by atoms with Crippen molar-refractivity contribution in [3.63, 3.8) is 0 Å². The summed E-state index contributed by atoms with van der Waals surface area (Å²) in [5, 5.41) is 45.1. The summed E-state index contributed by atoms with van der Waals surface area (Å²) in [7, 11) is 0. The van der Waals surface area contributed by atoms with Crippen LogP contribution >= 0.6 is 0 Å². The van der Waals surface area contributed by atoms with Gasteiger partial charge in [-0.3, -0.25) is 34.1 Å². The second-order valence-corrected chi connectivity index (χ2v) is 26.1. The molecule has 1 aromatic heterocycles. The van der Waals surface area contributed by atoms with Crippen molar-refractivity contribution in [1.29, 1.82) is 0 Å². The first-order valence-corrected chi connectivity index (χ1v) is 31.8. The summed E-state index contributed by atoms with van der Waals surface area (Å²) < 4.78 is 40.1. The van der Waals surface area contributed by atoms with Crippen molar-refractivity contribution in [3.8, 4) is 23.0 Å². The molecule has 4 unspecified atom stereocenters. The zero-order valence-corrected chi connectivity index (χ0v) is 53.6. The smallest absolute Gasteiger partial charge is 0.410 e. The number of morpholine rings is 2. The van der Waals surface area contributed by atoms with Gasteiger partial charge in [0.2, 0.25) is 0 Å². The molecule has 6 amide bonds. The van der Waals surface area contributed by atoms with E-state index in [1.165, 1.54) is 9.80 Å². The first kappa shape index (κ1) is 66.5. The number of hydrogen-bond acceptors (Lipinski definition) is 17. The Morgan fingerprint density at radius 1 is 0.587 bits per heavy atom. The number of aromatic amines is 1. The lowest BCUT2D eigenvalue weighted by Gasteiger charge is -2.40. The fourth-order valence-electron chi connectivity index (χ4n) is 12.8. The SMILES string of the molecule is CCOc1cc(C(=O)N2C3CCC2COC3)ccc1C(=O)NC[C@@H](O)[C@@H]1Cc2ccc(O)cc2CN1C(=O)OC(C)(C)C.CCOc1cc(C(=O)N2C3CCC2COC3)ccc1C(=O)NC[C@@H](O)[C@@H]1Cc2ccc(OCc3ccn[nH]3)cc2CN1C(=O)OC(C)(C)C. The van der Waals surface area contributed by atoms with Gasteiger partial charge in [0.1, 0.15) is 40.8 Å². The minimum atomic E-state index is -1.12. The molecule has 11 rings (SSSR count). The van der Waals surface area contributed by atoms with Crippen molar-refractivity contribution in [2.24, 2.45) is 0 Å². The van der Waals surface area contributed by atoms with Crippen LogP contribution in [0.15, 0.2) is 85.1 Å². The van der Waals surface area contributed by atoms with Gasteiger partial charge in [-0.25, -0.2) is 9.59 Å². The number of aromatic hydroxyl groups is 1. The van der Waals surface area contributed by atoms with Gasteiger partial charge < -0.3 is 68.9 Å². The highest BCUT2D eigenvalue weighted by Gasteiger charge is 2.44. The van der Waals surface area contributed by atoms with E-state index in [0.29, 0.717) is 76.0 Å². The predicted octanol–water partition coefficient (Wildman–Crippen LogP) is 7.09. The van der Waals surface area contributed by atoms with Crippen LogP contribution < -0.4 is 24.8 Å². The molecule has 8 atom stereocenters. The van der Waals surface area contributed by atoms with E-state index < -0.39 is 59.5 Å². The Kier molecular flexibility index (Phi) is 20.7. The molecule has 7 heterocycles. The third kappa shape index (κ3) is 15.7. The van der Waals surface area contributed by atoms with Crippen molar-refractivity contribution in [3.05, 3.63) is 135 Å². The maximum Gasteiger partial charge on any atom is 0.410 e. The van der Waals surface area contributed by atoms with E-state index in [1.807, 2.05) is 41.0 Å². The van der Waals surface area contributed by atoms with Gasteiger partial charge in [0.15, 0.2) is 0 Å². The Labute approximate surface area is 535 Å². The second kappa shape index (κ2) is 28.6. The number of phenols is 1. The molecule has 4 saturated heterocycles. The van der Waals surface area contributed by atoms with E-state index in [0.717, 1.165) is 53.6 Å². The number of hydrogen-bond donors (Lipinski definition) is 6. The zero-order chi connectivity index (χ0) is 65.6. The fraction of sp³-hybridized carbons (Fsp3) is 0.515. The van der Waals surface area contributed by atoms with Crippen LogP contribution in [0.3, 0.4) is 0 Å². The molecular formula is C68H86N8O16. The van der Waals surface area contributed by atoms with Crippen LogP contribution in [0.25, 0.3) is 0 Å². The zero-order valence-electron chi connectivity index (χ0n) is 53.6. The van der Waals surface area contributed by atoms with Crippen molar-refractivity contribution in [1.82, 2.24) is 40.4 Å². The molecule has 0 spiro atoms. The number of H-pyrrole nitrogens is 1. The summed E-state index contributed by atoms with van der Waals surface area (Å²) in [6.45, 7) is 17.4. The minimum Gasteiger partial charge on any atom is -0.508 e. The highest BCUT2D eigenvalue weighted by atomic mass is 16.6. The Morgan fingerprint density at radius 2 is 1.03 bits per heavy atom. The first-order chi connectivity index (χ1) is 43.9. The number of nitrogens with one attached hydrogen (secondary N) is 3. The maximum atomic E-state index is 13.5. The fourth-order valence-corrected chi connectivity index (χ4v) is 12.8. The van der Waals surface area contributed by atoms with Gasteiger partial charge in [-0.15, -0.1) is 0 Å². The normalized spacial score (nSPS) is 21.3. The van der Waals surface area contributed by atoms with Gasteiger partial charge in [-0.1, -0.05) is 12.1 Å². The highest BCUT2D eigenvalue weighted by molar-refractivity contribution is 6.01. The molecule has 4 fully saturated rings. The van der Waals surface area contributed by atoms with E-state index in [-0.39, 0.29) is 90.5 Å². The number of ether oxygens (including phenoxy) is 7. The minimum absolute atomic E-state index is 0.0567. The van der Waals surface area contributed by atoms with Gasteiger partial charge in [0.25, 0.3) is 23.6 Å². The summed E-state index contributed by atoms with van der Waals surface area (Å²) in [6.07, 6.45) is 2.58. The number of rotatable bonds is 17. The molecule has 6 aliphatic heterocycles. The molecule has 4 aromatic carbocycles. The number of aliphatic hydroxyl groups excluding tert-OH is 2. The van der Waals surface area contributed by atoms with E-state index in [2.05, 4.69) is 20.8 Å². The first-order valence-electron chi connectivity index (χ1n) is 31.8. The molecule has 92 heavy (non-hydrogen) atoms. The molecule has 24 nitrogen and oxygen atoms in total. The largest absolute Gasteiger partial charge is 0.508 e. The van der Waals surface area contributed by atoms with Crippen LogP contribution in [-0.4, -0.2) is 193 Å². The monoisotopic (exact) mass is 1270 g/mol. The number of aromatic nitrogens is 2. The number of phenolic OH excluding ortho intramolecular Hbond substituents is 1. The Bertz CT molecular complexity index is 3440. The summed E-state index contributed by atoms with van der Waals surface area (Å²) in [6, 6.07) is 21.0. The lowest BCUT2D eigenvalue weighted by molar-refractivity contribution is -0.0118. The van der Waals surface area contributed by atoms with Crippen LogP contribution in [0, 0.1) is 0 Å². The number of carbonyl (C=O) groups is 6. The van der Waals surface area contributed by atoms with Gasteiger partial charge in [-0.05, 0) is 183 Å². The van der Waals surface area contributed by atoms with Crippen molar-refractivity contribution < 1.29 is 77.2 Å². The number of aliphatic hydroxyl groups is 2. The van der Waals surface area contributed by atoms with Crippen molar-refractivity contribution >= 4 is 35.8 Å². The standard InChI is InChI=1S/C36H45N5O8.C32H41N3O8/c1-5-47-32-16-23(34(44)41-26-8-9-27(41)21-46-20-26)7-11-29(32)33(43)37-17-31(42)30-15-22-6-10-28(48-19-25-12-13-38-39-25)14-24(22)18-40(30)35(45)49-36(2,3)4;1-5-42-28-14-20(30(39)35-22-8-9-23(35)18-41-17-22)7-11-25(28)29(38)33-15-27(37)26-13-19-6-10-24(36)12-21(19)16-34(26)31(40)43-32(2,3)4/h6-7,10-14,16,26-27,30-31,42H,5,8-9,15,17-21H2,1-4H3,(H,37,43)(H,38,39);6-7,10-12,14,22-23,26-27,36-37H,5,8-9,13,15-18H2,1-4H3,(H,33,38)/t26?,27?,30-,31+;22?,23?,26-,27+/m00/s1. The maximum absolute atomic E-state index is 13.5. The lowest BCUT2D eigenvalue weighted by atomic mass is 9.91. The second-order valence-electron chi connectivity index (χ2n) is 26.1. The van der Waals surface area contributed by atoms with Crippen LogP contribution in [-0.2, 0) is 51.5 Å². The Morgan fingerprint density at radius 3 is 1.46 bits per heavy atom. The number of benzene rings is 4. The van der Waals surface area contributed by atoms with Gasteiger partial charge in [0, 0.05) is 43.5 Å². The van der Waals surface area contributed by atoms with Crippen LogP contribution in [0.5, 0.6) is 23.0 Å². The van der Waals surface area contributed by atoms with E-state index in [1.54, 1.807) is 109 Å². The lowest BCUT2D eigenvalue weighted by Crippen LogP contribution is -2.54. The van der Waals surface area contributed by atoms with Crippen LogP contribution in [0.4, 0.5) is 9.59 Å². The molecule has 24 heteroatoms. The highest BCUT2D eigenvalue weighted by Crippen LogP contribution is 2.36. The Hall–Kier alpha value is -8.45. The van der Waals surface area contributed by atoms with Crippen LogP contribution in [0.2, 0.25) is 0 Å². The molecule has 494 valence electrons. The number of carbonyl (C=O) groups excluding carboxylic acids is 6. The topological polar surface area (TPSA) is 293 Å². The molecule has 6 aliphatic rings. The molecular weight excluding hydrogens is 1180 g/mol.